The Hall–Kier alpha value is -1.10. The number of halogens is 3. The molecule has 0 aliphatic rings. The predicted octanol–water partition coefficient (Wildman–Crippen LogP) is 4.71. The number of ether oxygens (including phenoxy) is 1. The zero-order valence-electron chi connectivity index (χ0n) is 11.6. The molecule has 0 saturated carbocycles. The molecule has 112 valence electrons. The van der Waals surface area contributed by atoms with Crippen molar-refractivity contribution in [1.29, 1.82) is 0 Å². The first kappa shape index (κ1) is 16.3. The monoisotopic (exact) mass is 371 g/mol. The van der Waals surface area contributed by atoms with Crippen LogP contribution in [0.25, 0.3) is 0 Å². The van der Waals surface area contributed by atoms with Crippen molar-refractivity contribution in [1.82, 2.24) is 0 Å². The van der Waals surface area contributed by atoms with Gasteiger partial charge in [0.05, 0.1) is 4.47 Å². The fourth-order valence-electron chi connectivity index (χ4n) is 1.95. The highest BCUT2D eigenvalue weighted by Gasteiger charge is 2.07. The molecule has 1 unspecified atom stereocenters. The molecule has 0 amide bonds. The molecule has 0 aliphatic carbocycles. The van der Waals surface area contributed by atoms with E-state index in [1.165, 1.54) is 6.07 Å². The zero-order chi connectivity index (χ0) is 15.4. The van der Waals surface area contributed by atoms with E-state index < -0.39 is 0 Å². The largest absolute Gasteiger partial charge is 0.488 e. The van der Waals surface area contributed by atoms with Crippen LogP contribution in [0.3, 0.4) is 0 Å². The summed E-state index contributed by atoms with van der Waals surface area (Å²) in [7, 11) is 0. The molecule has 0 fully saturated rings. The number of hydrogen-bond donors (Lipinski definition) is 1. The van der Waals surface area contributed by atoms with Crippen molar-refractivity contribution in [2.45, 2.75) is 26.0 Å². The van der Waals surface area contributed by atoms with Crippen LogP contribution in [0.1, 0.15) is 18.1 Å². The van der Waals surface area contributed by atoms with E-state index in [9.17, 15) is 4.39 Å². The number of benzene rings is 2. The summed E-state index contributed by atoms with van der Waals surface area (Å²) in [6.07, 6.45) is 0.796. The highest BCUT2D eigenvalue weighted by Crippen LogP contribution is 2.27. The van der Waals surface area contributed by atoms with Crippen molar-refractivity contribution in [3.05, 3.63) is 62.8 Å². The highest BCUT2D eigenvalue weighted by atomic mass is 79.9. The minimum absolute atomic E-state index is 0.104. The van der Waals surface area contributed by atoms with Gasteiger partial charge in [0.2, 0.25) is 0 Å². The van der Waals surface area contributed by atoms with Crippen LogP contribution in [-0.4, -0.2) is 6.04 Å². The summed E-state index contributed by atoms with van der Waals surface area (Å²) in [5, 5.41) is 0.373. The SMILES string of the molecule is CC(N)Cc1ccc(OCc2ccc(Cl)cc2F)c(Br)c1. The van der Waals surface area contributed by atoms with E-state index in [1.54, 1.807) is 12.1 Å². The molecule has 0 aromatic heterocycles. The van der Waals surface area contributed by atoms with Crippen LogP contribution in [0.4, 0.5) is 4.39 Å². The lowest BCUT2D eigenvalue weighted by Gasteiger charge is -2.11. The van der Waals surface area contributed by atoms with Crippen molar-refractivity contribution in [3.63, 3.8) is 0 Å². The third kappa shape index (κ3) is 4.70. The lowest BCUT2D eigenvalue weighted by atomic mass is 10.1. The summed E-state index contributed by atoms with van der Waals surface area (Å²) >= 11 is 9.18. The van der Waals surface area contributed by atoms with Gasteiger partial charge in [0.15, 0.2) is 0 Å². The second kappa shape index (κ2) is 7.25. The summed E-state index contributed by atoms with van der Waals surface area (Å²) in [6, 6.07) is 10.4. The van der Waals surface area contributed by atoms with Gasteiger partial charge >= 0.3 is 0 Å². The molecular weight excluding hydrogens is 357 g/mol. The fraction of sp³-hybridized carbons (Fsp3) is 0.250. The Morgan fingerprint density at radius 2 is 2.05 bits per heavy atom. The molecule has 0 saturated heterocycles. The van der Waals surface area contributed by atoms with Gasteiger partial charge in [0.25, 0.3) is 0 Å². The minimum Gasteiger partial charge on any atom is -0.488 e. The van der Waals surface area contributed by atoms with Crippen molar-refractivity contribution in [2.75, 3.05) is 0 Å². The van der Waals surface area contributed by atoms with Gasteiger partial charge in [-0.15, -0.1) is 0 Å². The Kier molecular flexibility index (Phi) is 5.62. The molecule has 0 radical (unpaired) electrons. The van der Waals surface area contributed by atoms with Gasteiger partial charge in [-0.25, -0.2) is 4.39 Å². The zero-order valence-corrected chi connectivity index (χ0v) is 13.9. The van der Waals surface area contributed by atoms with Crippen LogP contribution < -0.4 is 10.5 Å². The lowest BCUT2D eigenvalue weighted by Crippen LogP contribution is -2.17. The average molecular weight is 373 g/mol. The number of nitrogens with two attached hydrogens (primary N) is 1. The quantitative estimate of drug-likeness (QED) is 0.825. The maximum atomic E-state index is 13.7. The number of rotatable bonds is 5. The molecule has 0 heterocycles. The Morgan fingerprint density at radius 1 is 1.29 bits per heavy atom. The van der Waals surface area contributed by atoms with Crippen LogP contribution in [0.2, 0.25) is 5.02 Å². The van der Waals surface area contributed by atoms with E-state index in [0.717, 1.165) is 16.5 Å². The van der Waals surface area contributed by atoms with Crippen molar-refractivity contribution in [3.8, 4) is 5.75 Å². The first-order valence-electron chi connectivity index (χ1n) is 6.56. The van der Waals surface area contributed by atoms with Crippen LogP contribution in [0.15, 0.2) is 40.9 Å². The third-order valence-electron chi connectivity index (χ3n) is 2.95. The second-order valence-electron chi connectivity index (χ2n) is 4.97. The summed E-state index contributed by atoms with van der Waals surface area (Å²) < 4.78 is 20.1. The lowest BCUT2D eigenvalue weighted by molar-refractivity contribution is 0.298. The first-order chi connectivity index (χ1) is 9.95. The Morgan fingerprint density at radius 3 is 2.67 bits per heavy atom. The van der Waals surface area contributed by atoms with Crippen LogP contribution in [0, 0.1) is 5.82 Å². The van der Waals surface area contributed by atoms with E-state index in [1.807, 2.05) is 25.1 Å². The molecule has 0 aliphatic heterocycles. The Balaban J connectivity index is 2.06. The molecule has 21 heavy (non-hydrogen) atoms. The van der Waals surface area contributed by atoms with Gasteiger partial charge in [0.1, 0.15) is 18.2 Å². The standard InChI is InChI=1S/C16H16BrClFNO/c1-10(20)6-11-2-5-16(14(17)7-11)21-9-12-3-4-13(18)8-15(12)19/h2-5,7-8,10H,6,9,20H2,1H3. The van der Waals surface area contributed by atoms with Gasteiger partial charge < -0.3 is 10.5 Å². The summed E-state index contributed by atoms with van der Waals surface area (Å²) in [5.41, 5.74) is 7.37. The van der Waals surface area contributed by atoms with E-state index >= 15 is 0 Å². The maximum absolute atomic E-state index is 13.7. The van der Waals surface area contributed by atoms with Crippen molar-refractivity contribution < 1.29 is 9.13 Å². The Bertz CT molecular complexity index is 634. The highest BCUT2D eigenvalue weighted by molar-refractivity contribution is 9.10. The summed E-state index contributed by atoms with van der Waals surface area (Å²) in [4.78, 5) is 0. The molecule has 2 N–H and O–H groups in total. The van der Waals surface area contributed by atoms with Crippen LogP contribution in [0.5, 0.6) is 5.75 Å². The van der Waals surface area contributed by atoms with Crippen molar-refractivity contribution in [2.24, 2.45) is 5.73 Å². The normalized spacial score (nSPS) is 12.2. The fourth-order valence-corrected chi connectivity index (χ4v) is 2.65. The second-order valence-corrected chi connectivity index (χ2v) is 6.26. The van der Waals surface area contributed by atoms with E-state index in [0.29, 0.717) is 16.3 Å². The van der Waals surface area contributed by atoms with Gasteiger partial charge in [-0.2, -0.15) is 0 Å². The average Bonchev–Trinajstić information content (AvgIpc) is 2.39. The third-order valence-corrected chi connectivity index (χ3v) is 3.81. The Labute approximate surface area is 137 Å². The summed E-state index contributed by atoms with van der Waals surface area (Å²) in [5.74, 6) is 0.296. The van der Waals surface area contributed by atoms with Gasteiger partial charge in [-0.3, -0.25) is 0 Å². The van der Waals surface area contributed by atoms with Gasteiger partial charge in [-0.05, 0) is 59.1 Å². The smallest absolute Gasteiger partial charge is 0.134 e. The van der Waals surface area contributed by atoms with Gasteiger partial charge in [-0.1, -0.05) is 23.7 Å². The molecule has 2 aromatic rings. The molecule has 5 heteroatoms. The van der Waals surface area contributed by atoms with E-state index in [2.05, 4.69) is 15.9 Å². The molecule has 1 atom stereocenters. The summed E-state index contributed by atoms with van der Waals surface area (Å²) in [6.45, 7) is 2.11. The molecule has 2 aromatic carbocycles. The van der Waals surface area contributed by atoms with Crippen LogP contribution >= 0.6 is 27.5 Å². The first-order valence-corrected chi connectivity index (χ1v) is 7.73. The predicted molar refractivity (Wildman–Crippen MR) is 87.2 cm³/mol. The van der Waals surface area contributed by atoms with Crippen LogP contribution in [-0.2, 0) is 13.0 Å². The van der Waals surface area contributed by atoms with E-state index in [4.69, 9.17) is 22.1 Å². The maximum Gasteiger partial charge on any atom is 0.134 e. The number of hydrogen-bond acceptors (Lipinski definition) is 2. The van der Waals surface area contributed by atoms with Gasteiger partial charge in [0, 0.05) is 16.6 Å². The van der Waals surface area contributed by atoms with Crippen molar-refractivity contribution >= 4 is 27.5 Å². The van der Waals surface area contributed by atoms with E-state index in [-0.39, 0.29) is 18.5 Å². The molecular formula is C16H16BrClFNO. The topological polar surface area (TPSA) is 35.2 Å². The molecule has 2 nitrogen and oxygen atoms in total. The molecule has 0 spiro atoms. The molecule has 2 rings (SSSR count). The minimum atomic E-state index is -0.368. The molecule has 0 bridgehead atoms.